The number of carbonyl (C=O) groups is 1. The predicted octanol–water partition coefficient (Wildman–Crippen LogP) is 4.61. The highest BCUT2D eigenvalue weighted by Gasteiger charge is 2.15. The average molecular weight is 378 g/mol. The van der Waals surface area contributed by atoms with Crippen molar-refractivity contribution < 1.29 is 9.90 Å². The van der Waals surface area contributed by atoms with Gasteiger partial charge >= 0.3 is 0 Å². The van der Waals surface area contributed by atoms with E-state index in [0.29, 0.717) is 20.8 Å². The Balaban J connectivity index is 1.97. The van der Waals surface area contributed by atoms with Crippen molar-refractivity contribution in [2.24, 2.45) is 0 Å². The molecule has 22 heavy (non-hydrogen) atoms. The van der Waals surface area contributed by atoms with E-state index >= 15 is 0 Å². The van der Waals surface area contributed by atoms with Gasteiger partial charge < -0.3 is 10.4 Å². The summed E-state index contributed by atoms with van der Waals surface area (Å²) >= 11 is 9.06. The number of hydrogen-bond acceptors (Lipinski definition) is 3. The van der Waals surface area contributed by atoms with Crippen LogP contribution >= 0.6 is 27.5 Å². The lowest BCUT2D eigenvalue weighted by atomic mass is 10.1. The number of anilines is 1. The van der Waals surface area contributed by atoms with Gasteiger partial charge in [0.05, 0.1) is 5.56 Å². The molecule has 0 saturated carbocycles. The first-order chi connectivity index (χ1) is 10.5. The monoisotopic (exact) mass is 376 g/mol. The third-order valence-electron chi connectivity index (χ3n) is 3.15. The number of pyridine rings is 1. The number of amides is 1. The Hall–Kier alpha value is -2.11. The molecule has 0 unspecified atom stereocenters. The van der Waals surface area contributed by atoms with Gasteiger partial charge in [0.15, 0.2) is 5.75 Å². The van der Waals surface area contributed by atoms with E-state index in [4.69, 9.17) is 11.6 Å². The number of rotatable bonds is 2. The van der Waals surface area contributed by atoms with Crippen LogP contribution in [0.1, 0.15) is 10.4 Å². The zero-order valence-corrected chi connectivity index (χ0v) is 13.5. The molecule has 0 saturated heterocycles. The number of phenols is 1. The number of nitrogens with zero attached hydrogens (tertiary/aromatic N) is 1. The summed E-state index contributed by atoms with van der Waals surface area (Å²) in [6.07, 6.45) is 0. The van der Waals surface area contributed by atoms with Crippen molar-refractivity contribution in [1.29, 1.82) is 0 Å². The number of nitrogens with one attached hydrogen (secondary N) is 1. The van der Waals surface area contributed by atoms with Gasteiger partial charge in [0, 0.05) is 16.1 Å². The van der Waals surface area contributed by atoms with Gasteiger partial charge in [0.25, 0.3) is 5.91 Å². The second kappa shape index (κ2) is 5.94. The van der Waals surface area contributed by atoms with Crippen LogP contribution in [0.25, 0.3) is 10.9 Å². The van der Waals surface area contributed by atoms with Gasteiger partial charge in [0.2, 0.25) is 0 Å². The minimum Gasteiger partial charge on any atom is -0.505 e. The topological polar surface area (TPSA) is 62.2 Å². The van der Waals surface area contributed by atoms with Crippen molar-refractivity contribution in [2.75, 3.05) is 5.32 Å². The molecule has 1 heterocycles. The highest BCUT2D eigenvalue weighted by atomic mass is 79.9. The first kappa shape index (κ1) is 14.8. The third-order valence-corrected chi connectivity index (χ3v) is 3.84. The Morgan fingerprint density at radius 2 is 1.77 bits per heavy atom. The highest BCUT2D eigenvalue weighted by Crippen LogP contribution is 2.29. The van der Waals surface area contributed by atoms with Gasteiger partial charge in [-0.3, -0.25) is 4.79 Å². The van der Waals surface area contributed by atoms with Crippen molar-refractivity contribution >= 4 is 50.0 Å². The maximum absolute atomic E-state index is 12.3. The number of fused-ring (bicyclic) bond motifs is 1. The smallest absolute Gasteiger partial charge is 0.259 e. The zero-order chi connectivity index (χ0) is 15.7. The van der Waals surface area contributed by atoms with E-state index in [1.165, 1.54) is 0 Å². The quantitative estimate of drug-likeness (QED) is 0.641. The fourth-order valence-electron chi connectivity index (χ4n) is 2.06. The summed E-state index contributed by atoms with van der Waals surface area (Å²) in [6.45, 7) is 0. The molecular formula is C16H10BrClN2O2. The van der Waals surface area contributed by atoms with E-state index in [1.807, 2.05) is 6.07 Å². The normalized spacial score (nSPS) is 10.6. The van der Waals surface area contributed by atoms with E-state index in [9.17, 15) is 9.90 Å². The van der Waals surface area contributed by atoms with Crippen LogP contribution in [0.2, 0.25) is 5.02 Å². The van der Waals surface area contributed by atoms with E-state index in [-0.39, 0.29) is 11.3 Å². The number of halogens is 2. The van der Waals surface area contributed by atoms with Crippen LogP contribution in [0.3, 0.4) is 0 Å². The number of hydrogen-bond donors (Lipinski definition) is 2. The van der Waals surface area contributed by atoms with Crippen LogP contribution in [0, 0.1) is 0 Å². The minimum atomic E-state index is -0.413. The first-order valence-corrected chi connectivity index (χ1v) is 7.57. The summed E-state index contributed by atoms with van der Waals surface area (Å²) in [4.78, 5) is 16.5. The van der Waals surface area contributed by atoms with Gasteiger partial charge in [-0.05, 0) is 58.4 Å². The third kappa shape index (κ3) is 2.91. The van der Waals surface area contributed by atoms with Gasteiger partial charge in [0.1, 0.15) is 10.1 Å². The fraction of sp³-hybridized carbons (Fsp3) is 0. The molecule has 0 aliphatic carbocycles. The molecule has 1 aromatic heterocycles. The van der Waals surface area contributed by atoms with Crippen molar-refractivity contribution in [3.8, 4) is 5.75 Å². The molecular weight excluding hydrogens is 368 g/mol. The summed E-state index contributed by atoms with van der Waals surface area (Å²) in [5, 5.41) is 14.3. The molecule has 1 amide bonds. The van der Waals surface area contributed by atoms with Gasteiger partial charge in [-0.1, -0.05) is 17.7 Å². The molecule has 2 aromatic carbocycles. The summed E-state index contributed by atoms with van der Waals surface area (Å²) in [6, 6.07) is 13.6. The Labute approximate surface area is 139 Å². The van der Waals surface area contributed by atoms with Gasteiger partial charge in [-0.25, -0.2) is 4.98 Å². The highest BCUT2D eigenvalue weighted by molar-refractivity contribution is 9.10. The fourth-order valence-corrected chi connectivity index (χ4v) is 2.50. The van der Waals surface area contributed by atoms with Crippen molar-refractivity contribution in [3.63, 3.8) is 0 Å². The molecule has 0 fully saturated rings. The van der Waals surface area contributed by atoms with Gasteiger partial charge in [-0.15, -0.1) is 0 Å². The summed E-state index contributed by atoms with van der Waals surface area (Å²) in [7, 11) is 0. The number of carbonyl (C=O) groups excluding carboxylic acids is 1. The lowest BCUT2D eigenvalue weighted by molar-refractivity contribution is 0.102. The molecule has 4 nitrogen and oxygen atoms in total. The minimum absolute atomic E-state index is 0.148. The van der Waals surface area contributed by atoms with E-state index < -0.39 is 5.91 Å². The lowest BCUT2D eigenvalue weighted by Crippen LogP contribution is -2.12. The van der Waals surface area contributed by atoms with Crippen molar-refractivity contribution in [2.45, 2.75) is 0 Å². The molecule has 6 heteroatoms. The maximum atomic E-state index is 12.3. The first-order valence-electron chi connectivity index (χ1n) is 6.40. The number of phenolic OH excluding ortho intramolecular Hbond substituents is 1. The van der Waals surface area contributed by atoms with Crippen molar-refractivity contribution in [1.82, 2.24) is 4.98 Å². The molecule has 3 rings (SSSR count). The second-order valence-corrected chi connectivity index (χ2v) is 5.88. The summed E-state index contributed by atoms with van der Waals surface area (Å²) in [5.74, 6) is -0.561. The van der Waals surface area contributed by atoms with E-state index in [2.05, 4.69) is 26.2 Å². The second-order valence-electron chi connectivity index (χ2n) is 4.63. The standard InChI is InChI=1S/C16H10BrClN2O2/c17-13-8-2-9-1-7-12(15(21)14(9)20-13)16(22)19-11-5-3-10(18)4-6-11/h1-8,21H,(H,19,22). The largest absolute Gasteiger partial charge is 0.505 e. The maximum Gasteiger partial charge on any atom is 0.259 e. The number of benzene rings is 2. The lowest BCUT2D eigenvalue weighted by Gasteiger charge is -2.09. The van der Waals surface area contributed by atoms with E-state index in [0.717, 1.165) is 5.39 Å². The average Bonchev–Trinajstić information content (AvgIpc) is 2.50. The van der Waals surface area contributed by atoms with Crippen LogP contribution in [-0.4, -0.2) is 16.0 Å². The number of aromatic nitrogens is 1. The Morgan fingerprint density at radius 3 is 2.50 bits per heavy atom. The van der Waals surface area contributed by atoms with Crippen LogP contribution < -0.4 is 5.32 Å². The zero-order valence-electron chi connectivity index (χ0n) is 11.2. The summed E-state index contributed by atoms with van der Waals surface area (Å²) in [5.41, 5.74) is 1.13. The van der Waals surface area contributed by atoms with Gasteiger partial charge in [-0.2, -0.15) is 0 Å². The molecule has 0 aliphatic heterocycles. The number of aromatic hydroxyl groups is 1. The molecule has 0 atom stereocenters. The Morgan fingerprint density at radius 1 is 1.09 bits per heavy atom. The molecule has 2 N–H and O–H groups in total. The molecule has 0 spiro atoms. The van der Waals surface area contributed by atoms with Crippen molar-refractivity contribution in [3.05, 3.63) is 63.7 Å². The molecule has 0 bridgehead atoms. The molecule has 0 aliphatic rings. The van der Waals surface area contributed by atoms with Crippen LogP contribution in [0.15, 0.2) is 53.1 Å². The summed E-state index contributed by atoms with van der Waals surface area (Å²) < 4.78 is 0.588. The van der Waals surface area contributed by atoms with Crippen LogP contribution in [0.4, 0.5) is 5.69 Å². The Bertz CT molecular complexity index is 866. The molecule has 110 valence electrons. The van der Waals surface area contributed by atoms with E-state index in [1.54, 1.807) is 42.5 Å². The Kier molecular flexibility index (Phi) is 4.00. The molecule has 3 aromatic rings. The molecule has 0 radical (unpaired) electrons. The van der Waals surface area contributed by atoms with Crippen LogP contribution in [-0.2, 0) is 0 Å². The SMILES string of the molecule is O=C(Nc1ccc(Cl)cc1)c1ccc2ccc(Br)nc2c1O. The van der Waals surface area contributed by atoms with Crippen LogP contribution in [0.5, 0.6) is 5.75 Å². The predicted molar refractivity (Wildman–Crippen MR) is 90.5 cm³/mol.